The topological polar surface area (TPSA) is 0 Å². The molecule has 14 heavy (non-hydrogen) atoms. The first kappa shape index (κ1) is 13.2. The average molecular weight is 196 g/mol. The van der Waals surface area contributed by atoms with E-state index in [2.05, 4.69) is 13.5 Å². The maximum Gasteiger partial charge on any atom is 0.130 e. The molecule has 1 heteroatoms. The predicted octanol–water partition coefficient (Wildman–Crippen LogP) is 4.59. The zero-order valence-corrected chi connectivity index (χ0v) is 9.73. The Morgan fingerprint density at radius 1 is 1.43 bits per heavy atom. The third-order valence-corrected chi connectivity index (χ3v) is 2.03. The first-order chi connectivity index (χ1) is 6.43. The summed E-state index contributed by atoms with van der Waals surface area (Å²) in [5.41, 5.74) is 0.307. The van der Waals surface area contributed by atoms with Crippen molar-refractivity contribution in [3.8, 4) is 0 Å². The molecule has 0 N–H and O–H groups in total. The van der Waals surface area contributed by atoms with E-state index in [4.69, 9.17) is 0 Å². The second kappa shape index (κ2) is 5.79. The highest BCUT2D eigenvalue weighted by molar-refractivity contribution is 5.37. The molecule has 0 bridgehead atoms. The SMILES string of the molecule is C=C(CCC)/C(=C\C=C/C)C(C)(C)F. The summed E-state index contributed by atoms with van der Waals surface area (Å²) in [6.45, 7) is 11.1. The zero-order valence-electron chi connectivity index (χ0n) is 9.73. The van der Waals surface area contributed by atoms with Crippen molar-refractivity contribution in [3.63, 3.8) is 0 Å². The van der Waals surface area contributed by atoms with Gasteiger partial charge in [-0.3, -0.25) is 0 Å². The smallest absolute Gasteiger partial charge is 0.130 e. The molecule has 0 nitrogen and oxygen atoms in total. The van der Waals surface area contributed by atoms with E-state index in [-0.39, 0.29) is 0 Å². The summed E-state index contributed by atoms with van der Waals surface area (Å²) in [6, 6.07) is 0. The lowest BCUT2D eigenvalue weighted by atomic mass is 9.90. The molecule has 0 aliphatic carbocycles. The summed E-state index contributed by atoms with van der Waals surface area (Å²) >= 11 is 0. The van der Waals surface area contributed by atoms with Gasteiger partial charge in [-0.05, 0) is 38.3 Å². The van der Waals surface area contributed by atoms with Crippen LogP contribution in [0.5, 0.6) is 0 Å². The van der Waals surface area contributed by atoms with Gasteiger partial charge >= 0.3 is 0 Å². The van der Waals surface area contributed by atoms with E-state index < -0.39 is 5.67 Å². The molecular formula is C13H21F. The second-order valence-electron chi connectivity index (χ2n) is 3.93. The highest BCUT2D eigenvalue weighted by atomic mass is 19.1. The molecule has 0 saturated heterocycles. The Bertz CT molecular complexity index is 238. The van der Waals surface area contributed by atoms with Crippen molar-refractivity contribution in [2.24, 2.45) is 0 Å². The Balaban J connectivity index is 4.83. The third-order valence-electron chi connectivity index (χ3n) is 2.03. The number of allylic oxidation sites excluding steroid dienone is 5. The lowest BCUT2D eigenvalue weighted by Crippen LogP contribution is -2.17. The van der Waals surface area contributed by atoms with Crippen LogP contribution in [0.4, 0.5) is 4.39 Å². The van der Waals surface area contributed by atoms with Crippen LogP contribution in [0.1, 0.15) is 40.5 Å². The second-order valence-corrected chi connectivity index (χ2v) is 3.93. The highest BCUT2D eigenvalue weighted by Gasteiger charge is 2.22. The average Bonchev–Trinajstić information content (AvgIpc) is 2.03. The van der Waals surface area contributed by atoms with Gasteiger partial charge in [0.05, 0.1) is 0 Å². The van der Waals surface area contributed by atoms with E-state index in [1.807, 2.05) is 25.2 Å². The quantitative estimate of drug-likeness (QED) is 0.564. The molecule has 0 saturated carbocycles. The van der Waals surface area contributed by atoms with Gasteiger partial charge in [0.2, 0.25) is 0 Å². The molecular weight excluding hydrogens is 175 g/mol. The number of halogens is 1. The van der Waals surface area contributed by atoms with Gasteiger partial charge in [-0.15, -0.1) is 0 Å². The van der Waals surface area contributed by atoms with Gasteiger partial charge in [0.1, 0.15) is 5.67 Å². The fourth-order valence-corrected chi connectivity index (χ4v) is 1.37. The molecule has 0 amide bonds. The van der Waals surface area contributed by atoms with Gasteiger partial charge in [0.25, 0.3) is 0 Å². The maximum atomic E-state index is 13.8. The lowest BCUT2D eigenvalue weighted by Gasteiger charge is -2.20. The van der Waals surface area contributed by atoms with Crippen LogP contribution in [-0.2, 0) is 0 Å². The van der Waals surface area contributed by atoms with Crippen molar-refractivity contribution < 1.29 is 4.39 Å². The van der Waals surface area contributed by atoms with Crippen LogP contribution in [0.2, 0.25) is 0 Å². The Morgan fingerprint density at radius 2 is 2.00 bits per heavy atom. The van der Waals surface area contributed by atoms with Crippen molar-refractivity contribution in [1.82, 2.24) is 0 Å². The van der Waals surface area contributed by atoms with Gasteiger partial charge in [-0.25, -0.2) is 4.39 Å². The van der Waals surface area contributed by atoms with Crippen LogP contribution in [0.3, 0.4) is 0 Å². The van der Waals surface area contributed by atoms with E-state index in [1.54, 1.807) is 13.8 Å². The van der Waals surface area contributed by atoms with Crippen molar-refractivity contribution in [2.75, 3.05) is 0 Å². The standard InChI is InChI=1S/C13H21F/c1-6-8-10-12(13(4,5)14)11(3)9-7-2/h6,8,10H,3,7,9H2,1-2,4-5H3/b8-6-,12-10+. The molecule has 0 rings (SSSR count). The molecule has 0 aromatic carbocycles. The summed E-state index contributed by atoms with van der Waals surface area (Å²) in [5.74, 6) is 0. The fourth-order valence-electron chi connectivity index (χ4n) is 1.37. The Labute approximate surface area is 87.2 Å². The molecule has 0 fully saturated rings. The number of rotatable bonds is 5. The molecule has 0 heterocycles. The summed E-state index contributed by atoms with van der Waals surface area (Å²) in [7, 11) is 0. The summed E-state index contributed by atoms with van der Waals surface area (Å²) in [6.07, 6.45) is 7.43. The molecule has 0 unspecified atom stereocenters. The van der Waals surface area contributed by atoms with Gasteiger partial charge in [0, 0.05) is 0 Å². The summed E-state index contributed by atoms with van der Waals surface area (Å²) in [4.78, 5) is 0. The van der Waals surface area contributed by atoms with Crippen LogP contribution in [-0.4, -0.2) is 5.67 Å². The van der Waals surface area contributed by atoms with Crippen LogP contribution in [0.25, 0.3) is 0 Å². The first-order valence-corrected chi connectivity index (χ1v) is 5.14. The molecule has 0 aromatic heterocycles. The molecule has 0 atom stereocenters. The first-order valence-electron chi connectivity index (χ1n) is 5.14. The van der Waals surface area contributed by atoms with Crippen molar-refractivity contribution in [3.05, 3.63) is 36.0 Å². The molecule has 0 aliphatic rings. The van der Waals surface area contributed by atoms with E-state index in [0.717, 1.165) is 18.4 Å². The largest absolute Gasteiger partial charge is 0.239 e. The fraction of sp³-hybridized carbons (Fsp3) is 0.538. The lowest BCUT2D eigenvalue weighted by molar-refractivity contribution is 0.270. The summed E-state index contributed by atoms with van der Waals surface area (Å²) < 4.78 is 13.8. The van der Waals surface area contributed by atoms with Gasteiger partial charge in [-0.2, -0.15) is 0 Å². The van der Waals surface area contributed by atoms with Crippen LogP contribution in [0.15, 0.2) is 36.0 Å². The number of hydrogen-bond donors (Lipinski definition) is 0. The predicted molar refractivity (Wildman–Crippen MR) is 62.1 cm³/mol. The Morgan fingerprint density at radius 3 is 2.36 bits per heavy atom. The molecule has 80 valence electrons. The van der Waals surface area contributed by atoms with Gasteiger partial charge in [0.15, 0.2) is 0 Å². The summed E-state index contributed by atoms with van der Waals surface area (Å²) in [5, 5.41) is 0. The molecule has 0 aliphatic heterocycles. The van der Waals surface area contributed by atoms with E-state index >= 15 is 0 Å². The number of alkyl halides is 1. The van der Waals surface area contributed by atoms with Crippen LogP contribution in [0, 0.1) is 0 Å². The zero-order chi connectivity index (χ0) is 11.2. The molecule has 0 aromatic rings. The molecule has 0 spiro atoms. The Kier molecular flexibility index (Phi) is 5.44. The van der Waals surface area contributed by atoms with Crippen LogP contribution < -0.4 is 0 Å². The minimum atomic E-state index is -1.30. The number of hydrogen-bond acceptors (Lipinski definition) is 0. The monoisotopic (exact) mass is 196 g/mol. The van der Waals surface area contributed by atoms with Crippen molar-refractivity contribution >= 4 is 0 Å². The Hall–Kier alpha value is -0.850. The third kappa shape index (κ3) is 4.40. The normalized spacial score (nSPS) is 13.6. The van der Waals surface area contributed by atoms with Gasteiger partial charge < -0.3 is 0 Å². The highest BCUT2D eigenvalue weighted by Crippen LogP contribution is 2.28. The maximum absolute atomic E-state index is 13.8. The van der Waals surface area contributed by atoms with Crippen molar-refractivity contribution in [1.29, 1.82) is 0 Å². The minimum Gasteiger partial charge on any atom is -0.239 e. The van der Waals surface area contributed by atoms with Crippen LogP contribution >= 0.6 is 0 Å². The van der Waals surface area contributed by atoms with E-state index in [9.17, 15) is 4.39 Å². The van der Waals surface area contributed by atoms with Crippen molar-refractivity contribution in [2.45, 2.75) is 46.2 Å². The van der Waals surface area contributed by atoms with E-state index in [1.165, 1.54) is 0 Å². The minimum absolute atomic E-state index is 0.706. The van der Waals surface area contributed by atoms with E-state index in [0.29, 0.717) is 5.57 Å². The molecule has 0 radical (unpaired) electrons. The van der Waals surface area contributed by atoms with Gasteiger partial charge in [-0.1, -0.05) is 38.2 Å².